The van der Waals surface area contributed by atoms with Gasteiger partial charge in [-0.05, 0) is 36.0 Å². The number of carboxylic acids is 1. The molecule has 23 heavy (non-hydrogen) atoms. The van der Waals surface area contributed by atoms with Crippen LogP contribution in [0.3, 0.4) is 0 Å². The number of urea groups is 1. The van der Waals surface area contributed by atoms with Crippen LogP contribution < -0.4 is 5.32 Å². The van der Waals surface area contributed by atoms with Crippen LogP contribution >= 0.6 is 0 Å². The third-order valence-electron chi connectivity index (χ3n) is 4.50. The minimum atomic E-state index is -0.942. The van der Waals surface area contributed by atoms with Crippen LogP contribution in [0.2, 0.25) is 0 Å². The van der Waals surface area contributed by atoms with Crippen LogP contribution in [0.5, 0.6) is 0 Å². The Hall–Kier alpha value is -2.11. The summed E-state index contributed by atoms with van der Waals surface area (Å²) in [6, 6.07) is 4.34. The lowest BCUT2D eigenvalue weighted by Crippen LogP contribution is -2.44. The highest BCUT2D eigenvalue weighted by molar-refractivity contribution is 5.76. The van der Waals surface area contributed by atoms with Crippen molar-refractivity contribution in [2.45, 2.75) is 32.7 Å². The molecule has 5 nitrogen and oxygen atoms in total. The van der Waals surface area contributed by atoms with Crippen LogP contribution in [0.1, 0.15) is 37.4 Å². The van der Waals surface area contributed by atoms with E-state index in [0.717, 1.165) is 12.0 Å². The van der Waals surface area contributed by atoms with Crippen molar-refractivity contribution in [3.05, 3.63) is 35.1 Å². The SMILES string of the molecule is CC(CN(C)C(=O)NC1c2cccc(F)c2CCC1C)C(=O)O. The summed E-state index contributed by atoms with van der Waals surface area (Å²) < 4.78 is 13.9. The van der Waals surface area contributed by atoms with Gasteiger partial charge in [0, 0.05) is 13.6 Å². The van der Waals surface area contributed by atoms with Crippen molar-refractivity contribution in [1.82, 2.24) is 10.2 Å². The quantitative estimate of drug-likeness (QED) is 0.895. The Labute approximate surface area is 135 Å². The van der Waals surface area contributed by atoms with Gasteiger partial charge in [-0.2, -0.15) is 0 Å². The van der Waals surface area contributed by atoms with E-state index in [9.17, 15) is 14.0 Å². The highest BCUT2D eigenvalue weighted by atomic mass is 19.1. The molecule has 0 saturated carbocycles. The Morgan fingerprint density at radius 3 is 2.83 bits per heavy atom. The molecular weight excluding hydrogens is 299 g/mol. The van der Waals surface area contributed by atoms with Gasteiger partial charge in [0.25, 0.3) is 0 Å². The molecule has 0 bridgehead atoms. The van der Waals surface area contributed by atoms with Gasteiger partial charge in [-0.1, -0.05) is 26.0 Å². The molecule has 0 radical (unpaired) electrons. The Balaban J connectivity index is 2.12. The lowest BCUT2D eigenvalue weighted by Gasteiger charge is -2.33. The lowest BCUT2D eigenvalue weighted by atomic mass is 9.80. The summed E-state index contributed by atoms with van der Waals surface area (Å²) in [5.74, 6) is -1.62. The van der Waals surface area contributed by atoms with Gasteiger partial charge in [0.05, 0.1) is 12.0 Å². The predicted octanol–water partition coefficient (Wildman–Crippen LogP) is 2.81. The van der Waals surface area contributed by atoms with Gasteiger partial charge in [-0.15, -0.1) is 0 Å². The monoisotopic (exact) mass is 322 g/mol. The van der Waals surface area contributed by atoms with Gasteiger partial charge in [0.1, 0.15) is 5.82 Å². The van der Waals surface area contributed by atoms with Gasteiger partial charge in [-0.3, -0.25) is 4.79 Å². The van der Waals surface area contributed by atoms with Crippen molar-refractivity contribution in [2.75, 3.05) is 13.6 Å². The second-order valence-corrected chi connectivity index (χ2v) is 6.37. The number of carbonyl (C=O) groups excluding carboxylic acids is 1. The number of nitrogens with one attached hydrogen (secondary N) is 1. The van der Waals surface area contributed by atoms with Crippen molar-refractivity contribution in [3.63, 3.8) is 0 Å². The average Bonchev–Trinajstić information content (AvgIpc) is 2.50. The van der Waals surface area contributed by atoms with E-state index in [1.807, 2.05) is 13.0 Å². The molecular formula is C17H23FN2O3. The van der Waals surface area contributed by atoms with Crippen molar-refractivity contribution in [2.24, 2.45) is 11.8 Å². The number of aliphatic carboxylic acids is 1. The molecule has 0 aliphatic heterocycles. The van der Waals surface area contributed by atoms with Crippen LogP contribution in [0.25, 0.3) is 0 Å². The van der Waals surface area contributed by atoms with E-state index in [0.29, 0.717) is 12.0 Å². The Morgan fingerprint density at radius 1 is 1.48 bits per heavy atom. The maximum atomic E-state index is 13.9. The van der Waals surface area contributed by atoms with Gasteiger partial charge < -0.3 is 15.3 Å². The Bertz CT molecular complexity index is 606. The zero-order valence-electron chi connectivity index (χ0n) is 13.7. The predicted molar refractivity (Wildman–Crippen MR) is 84.6 cm³/mol. The van der Waals surface area contributed by atoms with Crippen LogP contribution in [0, 0.1) is 17.7 Å². The summed E-state index contributed by atoms with van der Waals surface area (Å²) in [5, 5.41) is 11.9. The average molecular weight is 322 g/mol. The number of benzene rings is 1. The van der Waals surface area contributed by atoms with Crippen LogP contribution in [-0.2, 0) is 11.2 Å². The maximum Gasteiger partial charge on any atom is 0.317 e. The zero-order valence-corrected chi connectivity index (χ0v) is 13.7. The number of nitrogens with zero attached hydrogens (tertiary/aromatic N) is 1. The van der Waals surface area contributed by atoms with Gasteiger partial charge in [0.15, 0.2) is 0 Å². The topological polar surface area (TPSA) is 69.6 Å². The largest absolute Gasteiger partial charge is 0.481 e. The van der Waals surface area contributed by atoms with E-state index in [1.165, 1.54) is 11.0 Å². The molecule has 0 aromatic heterocycles. The van der Waals surface area contributed by atoms with Crippen LogP contribution in [0.4, 0.5) is 9.18 Å². The maximum absolute atomic E-state index is 13.9. The standard InChI is InChI=1S/C17H23FN2O3/c1-10-7-8-12-13(5-4-6-14(12)18)15(10)19-17(23)20(3)9-11(2)16(21)22/h4-6,10-11,15H,7-9H2,1-3H3,(H,19,23)(H,21,22). The molecule has 2 amide bonds. The van der Waals surface area contributed by atoms with E-state index in [1.54, 1.807) is 20.0 Å². The summed E-state index contributed by atoms with van der Waals surface area (Å²) in [6.07, 6.45) is 1.47. The summed E-state index contributed by atoms with van der Waals surface area (Å²) in [5.41, 5.74) is 1.48. The highest BCUT2D eigenvalue weighted by Crippen LogP contribution is 2.35. The number of amides is 2. The smallest absolute Gasteiger partial charge is 0.317 e. The molecule has 1 aromatic carbocycles. The second kappa shape index (κ2) is 6.98. The molecule has 6 heteroatoms. The molecule has 2 N–H and O–H groups in total. The Kier molecular flexibility index (Phi) is 5.23. The van der Waals surface area contributed by atoms with E-state index < -0.39 is 11.9 Å². The molecule has 0 heterocycles. The van der Waals surface area contributed by atoms with Crippen molar-refractivity contribution in [3.8, 4) is 0 Å². The lowest BCUT2D eigenvalue weighted by molar-refractivity contribution is -0.141. The molecule has 1 aromatic rings. The number of hydrogen-bond donors (Lipinski definition) is 2. The fourth-order valence-electron chi connectivity index (χ4n) is 3.01. The van der Waals surface area contributed by atoms with Crippen molar-refractivity contribution in [1.29, 1.82) is 0 Å². The molecule has 3 atom stereocenters. The molecule has 2 rings (SSSR count). The first kappa shape index (κ1) is 17.2. The second-order valence-electron chi connectivity index (χ2n) is 6.37. The van der Waals surface area contributed by atoms with Gasteiger partial charge in [-0.25, -0.2) is 9.18 Å². The van der Waals surface area contributed by atoms with E-state index in [2.05, 4.69) is 5.32 Å². The van der Waals surface area contributed by atoms with Crippen LogP contribution in [0.15, 0.2) is 18.2 Å². The summed E-state index contributed by atoms with van der Waals surface area (Å²) >= 11 is 0. The van der Waals surface area contributed by atoms with E-state index >= 15 is 0 Å². The minimum absolute atomic E-state index is 0.123. The summed E-state index contributed by atoms with van der Waals surface area (Å²) in [7, 11) is 1.56. The summed E-state index contributed by atoms with van der Waals surface area (Å²) in [6.45, 7) is 3.71. The molecule has 1 aliphatic rings. The molecule has 0 spiro atoms. The highest BCUT2D eigenvalue weighted by Gasteiger charge is 2.30. The molecule has 0 saturated heterocycles. The van der Waals surface area contributed by atoms with Crippen molar-refractivity contribution >= 4 is 12.0 Å². The zero-order chi connectivity index (χ0) is 17.1. The number of fused-ring (bicyclic) bond motifs is 1. The first-order valence-corrected chi connectivity index (χ1v) is 7.83. The third-order valence-corrected chi connectivity index (χ3v) is 4.50. The molecule has 126 valence electrons. The number of hydrogen-bond acceptors (Lipinski definition) is 2. The molecule has 0 fully saturated rings. The first-order valence-electron chi connectivity index (χ1n) is 7.83. The van der Waals surface area contributed by atoms with Gasteiger partial charge >= 0.3 is 12.0 Å². The van der Waals surface area contributed by atoms with Crippen LogP contribution in [-0.4, -0.2) is 35.6 Å². The fraction of sp³-hybridized carbons (Fsp3) is 0.529. The number of halogens is 1. The fourth-order valence-corrected chi connectivity index (χ4v) is 3.01. The summed E-state index contributed by atoms with van der Waals surface area (Å²) in [4.78, 5) is 24.6. The molecule has 3 unspecified atom stereocenters. The number of carboxylic acid groups (broad SMARTS) is 1. The van der Waals surface area contributed by atoms with Crippen molar-refractivity contribution < 1.29 is 19.1 Å². The third kappa shape index (κ3) is 3.81. The van der Waals surface area contributed by atoms with Gasteiger partial charge in [0.2, 0.25) is 0 Å². The number of rotatable bonds is 4. The van der Waals surface area contributed by atoms with E-state index in [-0.39, 0.29) is 30.4 Å². The Morgan fingerprint density at radius 2 is 2.17 bits per heavy atom. The molecule has 1 aliphatic carbocycles. The normalized spacial score (nSPS) is 21.2. The number of carbonyl (C=O) groups is 2. The minimum Gasteiger partial charge on any atom is -0.481 e. The first-order chi connectivity index (χ1) is 10.8. The van der Waals surface area contributed by atoms with E-state index in [4.69, 9.17) is 5.11 Å².